The number of fused-ring (bicyclic) bond motifs is 1. The van der Waals surface area contributed by atoms with E-state index in [0.717, 1.165) is 31.5 Å². The molecule has 1 aromatic heterocycles. The van der Waals surface area contributed by atoms with Crippen molar-refractivity contribution in [3.8, 4) is 0 Å². The van der Waals surface area contributed by atoms with E-state index in [1.165, 1.54) is 31.7 Å². The predicted octanol–water partition coefficient (Wildman–Crippen LogP) is 5.89. The summed E-state index contributed by atoms with van der Waals surface area (Å²) in [5, 5.41) is 6.88. The number of hydrogen-bond donors (Lipinski definition) is 2. The van der Waals surface area contributed by atoms with Crippen molar-refractivity contribution in [1.29, 1.82) is 0 Å². The SMILES string of the molecule is [C-]#[N+]/C(=C\C1(N2CCCCC2)CC1)C(=O)Nc1cc2c(Nc3ccc(F)c(C)c3)ncnc2cc1C. The molecule has 0 atom stereocenters. The fourth-order valence-electron chi connectivity index (χ4n) is 4.91. The summed E-state index contributed by atoms with van der Waals surface area (Å²) in [5.74, 6) is -0.133. The number of amides is 1. The molecule has 1 saturated carbocycles. The molecule has 2 N–H and O–H groups in total. The van der Waals surface area contributed by atoms with Crippen LogP contribution in [0.15, 0.2) is 48.4 Å². The van der Waals surface area contributed by atoms with Gasteiger partial charge in [-0.25, -0.2) is 19.2 Å². The molecule has 1 saturated heterocycles. The number of carbonyl (C=O) groups excluding carboxylic acids is 1. The van der Waals surface area contributed by atoms with E-state index in [2.05, 4.69) is 30.3 Å². The van der Waals surface area contributed by atoms with Gasteiger partial charge in [0.25, 0.3) is 5.91 Å². The zero-order valence-corrected chi connectivity index (χ0v) is 20.6. The molecule has 0 radical (unpaired) electrons. The van der Waals surface area contributed by atoms with Crippen LogP contribution in [0.4, 0.5) is 21.6 Å². The number of hydrogen-bond acceptors (Lipinski definition) is 5. The second kappa shape index (κ2) is 9.67. The smallest absolute Gasteiger partial charge is 0.254 e. The maximum atomic E-state index is 13.7. The molecule has 0 bridgehead atoms. The highest BCUT2D eigenvalue weighted by molar-refractivity contribution is 6.07. The lowest BCUT2D eigenvalue weighted by molar-refractivity contribution is -0.112. The maximum absolute atomic E-state index is 13.7. The third kappa shape index (κ3) is 4.79. The van der Waals surface area contributed by atoms with Gasteiger partial charge in [0.2, 0.25) is 5.70 Å². The summed E-state index contributed by atoms with van der Waals surface area (Å²) in [6.07, 6.45) is 8.91. The molecule has 5 rings (SSSR count). The van der Waals surface area contributed by atoms with Crippen LogP contribution < -0.4 is 10.6 Å². The molecule has 7 nitrogen and oxygen atoms in total. The molecule has 1 amide bonds. The number of carbonyl (C=O) groups is 1. The Morgan fingerprint density at radius 3 is 2.58 bits per heavy atom. The summed E-state index contributed by atoms with van der Waals surface area (Å²) < 4.78 is 13.7. The standard InChI is InChI=1S/C28H29FN6O/c1-18-13-20(7-8-22(18)29)33-26-21-15-23(19(2)14-24(21)31-17-32-26)34-27(36)25(30-3)16-28(9-10-28)35-11-5-4-6-12-35/h7-8,13-17H,4-6,9-12H2,1-2H3,(H,34,36)(H,31,32,33)/b25-16-. The average Bonchev–Trinajstić information content (AvgIpc) is 3.67. The first-order valence-electron chi connectivity index (χ1n) is 12.3. The Kier molecular flexibility index (Phi) is 6.42. The number of nitrogens with one attached hydrogen (secondary N) is 2. The van der Waals surface area contributed by atoms with E-state index < -0.39 is 5.91 Å². The van der Waals surface area contributed by atoms with Crippen LogP contribution in [0.3, 0.4) is 0 Å². The van der Waals surface area contributed by atoms with E-state index in [1.807, 2.05) is 25.1 Å². The summed E-state index contributed by atoms with van der Waals surface area (Å²) in [7, 11) is 0. The van der Waals surface area contributed by atoms with Crippen molar-refractivity contribution in [2.24, 2.45) is 0 Å². The largest absolute Gasteiger partial charge is 0.340 e. The zero-order valence-electron chi connectivity index (χ0n) is 20.6. The minimum atomic E-state index is -0.406. The second-order valence-corrected chi connectivity index (χ2v) is 9.74. The zero-order chi connectivity index (χ0) is 25.3. The Labute approximate surface area is 210 Å². The normalized spacial score (nSPS) is 17.4. The van der Waals surface area contributed by atoms with Gasteiger partial charge in [-0.05, 0) is 94.1 Å². The molecular formula is C28H29FN6O. The summed E-state index contributed by atoms with van der Waals surface area (Å²) >= 11 is 0. The van der Waals surface area contributed by atoms with Gasteiger partial charge >= 0.3 is 0 Å². The molecule has 184 valence electrons. The fourth-order valence-corrected chi connectivity index (χ4v) is 4.91. The van der Waals surface area contributed by atoms with Gasteiger partial charge in [0.1, 0.15) is 18.0 Å². The monoisotopic (exact) mass is 484 g/mol. The van der Waals surface area contributed by atoms with E-state index in [1.54, 1.807) is 19.1 Å². The Morgan fingerprint density at radius 2 is 1.89 bits per heavy atom. The topological polar surface area (TPSA) is 74.5 Å². The van der Waals surface area contributed by atoms with Gasteiger partial charge in [0.15, 0.2) is 0 Å². The molecule has 1 aliphatic heterocycles. The Bertz CT molecular complexity index is 1400. The van der Waals surface area contributed by atoms with Gasteiger partial charge in [-0.1, -0.05) is 12.5 Å². The predicted molar refractivity (Wildman–Crippen MR) is 139 cm³/mol. The van der Waals surface area contributed by atoms with Gasteiger partial charge in [-0.2, -0.15) is 0 Å². The van der Waals surface area contributed by atoms with E-state index in [4.69, 9.17) is 6.57 Å². The maximum Gasteiger partial charge on any atom is 0.254 e. The van der Waals surface area contributed by atoms with Crippen LogP contribution in [0, 0.1) is 26.2 Å². The van der Waals surface area contributed by atoms with Crippen molar-refractivity contribution >= 4 is 34.0 Å². The van der Waals surface area contributed by atoms with Crippen molar-refractivity contribution in [2.75, 3.05) is 23.7 Å². The Hall–Kier alpha value is -3.83. The van der Waals surface area contributed by atoms with Crippen molar-refractivity contribution in [3.05, 3.63) is 76.8 Å². The second-order valence-electron chi connectivity index (χ2n) is 9.74. The number of halogens is 1. The highest BCUT2D eigenvalue weighted by atomic mass is 19.1. The first-order valence-corrected chi connectivity index (χ1v) is 12.3. The summed E-state index contributed by atoms with van der Waals surface area (Å²) in [6.45, 7) is 13.3. The molecule has 1 aliphatic carbocycles. The number of piperidine rings is 1. The van der Waals surface area contributed by atoms with E-state index in [-0.39, 0.29) is 17.1 Å². The van der Waals surface area contributed by atoms with Crippen LogP contribution in [-0.2, 0) is 4.79 Å². The Morgan fingerprint density at radius 1 is 1.11 bits per heavy atom. The molecule has 2 aliphatic rings. The van der Waals surface area contributed by atoms with Crippen LogP contribution in [-0.4, -0.2) is 39.4 Å². The van der Waals surface area contributed by atoms with Gasteiger partial charge < -0.3 is 10.6 Å². The number of nitrogens with zero attached hydrogens (tertiary/aromatic N) is 4. The minimum absolute atomic E-state index is 0.127. The van der Waals surface area contributed by atoms with Crippen LogP contribution >= 0.6 is 0 Å². The third-order valence-electron chi connectivity index (χ3n) is 7.16. The average molecular weight is 485 g/mol. The van der Waals surface area contributed by atoms with Crippen molar-refractivity contribution in [1.82, 2.24) is 14.9 Å². The van der Waals surface area contributed by atoms with E-state index in [9.17, 15) is 9.18 Å². The third-order valence-corrected chi connectivity index (χ3v) is 7.16. The van der Waals surface area contributed by atoms with Gasteiger partial charge in [-0.15, -0.1) is 0 Å². The lowest BCUT2D eigenvalue weighted by atomic mass is 10.1. The van der Waals surface area contributed by atoms with E-state index in [0.29, 0.717) is 33.7 Å². The van der Waals surface area contributed by atoms with Crippen LogP contribution in [0.2, 0.25) is 0 Å². The number of benzene rings is 2. The molecule has 2 fully saturated rings. The van der Waals surface area contributed by atoms with Crippen LogP contribution in [0.5, 0.6) is 0 Å². The van der Waals surface area contributed by atoms with E-state index >= 15 is 0 Å². The first-order chi connectivity index (χ1) is 17.4. The highest BCUT2D eigenvalue weighted by Gasteiger charge is 2.46. The number of aryl methyl sites for hydroxylation is 2. The fraction of sp³-hybridized carbons (Fsp3) is 0.357. The van der Waals surface area contributed by atoms with Crippen molar-refractivity contribution in [2.45, 2.75) is 51.5 Å². The lowest BCUT2D eigenvalue weighted by Crippen LogP contribution is -2.40. The number of aromatic nitrogens is 2. The molecule has 3 aromatic rings. The highest BCUT2D eigenvalue weighted by Crippen LogP contribution is 2.45. The molecule has 2 heterocycles. The number of anilines is 3. The number of likely N-dealkylation sites (tertiary alicyclic amines) is 1. The molecule has 2 aromatic carbocycles. The molecule has 8 heteroatoms. The molecular weight excluding hydrogens is 455 g/mol. The van der Waals surface area contributed by atoms with Crippen molar-refractivity contribution in [3.63, 3.8) is 0 Å². The van der Waals surface area contributed by atoms with Crippen LogP contribution in [0.1, 0.15) is 43.2 Å². The molecule has 0 unspecified atom stereocenters. The molecule has 0 spiro atoms. The summed E-state index contributed by atoms with van der Waals surface area (Å²) in [5.41, 5.74) is 3.35. The summed E-state index contributed by atoms with van der Waals surface area (Å²) in [4.78, 5) is 27.9. The Balaban J connectivity index is 1.41. The summed E-state index contributed by atoms with van der Waals surface area (Å²) in [6, 6.07) is 8.47. The quantitative estimate of drug-likeness (QED) is 0.337. The van der Waals surface area contributed by atoms with Crippen molar-refractivity contribution < 1.29 is 9.18 Å². The van der Waals surface area contributed by atoms with Gasteiger partial charge in [-0.3, -0.25) is 9.69 Å². The van der Waals surface area contributed by atoms with Gasteiger partial charge in [0.05, 0.1) is 12.1 Å². The van der Waals surface area contributed by atoms with Crippen LogP contribution in [0.25, 0.3) is 15.7 Å². The first kappa shape index (κ1) is 23.9. The molecule has 36 heavy (non-hydrogen) atoms. The minimum Gasteiger partial charge on any atom is -0.340 e. The van der Waals surface area contributed by atoms with Gasteiger partial charge in [0, 0.05) is 22.3 Å². The lowest BCUT2D eigenvalue weighted by Gasteiger charge is -2.33. The number of rotatable bonds is 6.